The Balaban J connectivity index is 2.28. The van der Waals surface area contributed by atoms with Crippen LogP contribution in [0.4, 0.5) is 9.18 Å². The number of hydrogen-bond acceptors (Lipinski definition) is 3. The van der Waals surface area contributed by atoms with Gasteiger partial charge in [0.1, 0.15) is 5.82 Å². The maximum absolute atomic E-state index is 13.0. The summed E-state index contributed by atoms with van der Waals surface area (Å²) in [7, 11) is 0. The van der Waals surface area contributed by atoms with E-state index in [4.69, 9.17) is 0 Å². The number of urea groups is 1. The van der Waals surface area contributed by atoms with Gasteiger partial charge in [0.15, 0.2) is 0 Å². The minimum absolute atomic E-state index is 0.0759. The molecule has 1 saturated heterocycles. The summed E-state index contributed by atoms with van der Waals surface area (Å²) in [4.78, 5) is 37.4. The Morgan fingerprint density at radius 3 is 2.35 bits per heavy atom. The minimum Gasteiger partial charge on any atom is -0.263 e. The molecular weight excluding hydrogens is 331 g/mol. The lowest BCUT2D eigenvalue weighted by molar-refractivity contribution is -0.144. The van der Waals surface area contributed by atoms with Crippen LogP contribution in [0.2, 0.25) is 0 Å². The van der Waals surface area contributed by atoms with E-state index < -0.39 is 23.7 Å². The van der Waals surface area contributed by atoms with Gasteiger partial charge in [0.05, 0.1) is 6.54 Å². The highest BCUT2D eigenvalue weighted by molar-refractivity contribution is 9.10. The zero-order chi connectivity index (χ0) is 15.0. The second kappa shape index (κ2) is 5.32. The van der Waals surface area contributed by atoms with Crippen LogP contribution >= 0.6 is 15.9 Å². The normalized spacial score (nSPS) is 15.8. The zero-order valence-electron chi connectivity index (χ0n) is 10.9. The van der Waals surface area contributed by atoms with E-state index in [-0.39, 0.29) is 12.6 Å². The molecule has 1 aromatic carbocycles. The molecule has 0 spiro atoms. The summed E-state index contributed by atoms with van der Waals surface area (Å²) in [5.74, 6) is -2.12. The number of benzene rings is 1. The van der Waals surface area contributed by atoms with Gasteiger partial charge in [-0.2, -0.15) is 0 Å². The highest BCUT2D eigenvalue weighted by atomic mass is 79.9. The van der Waals surface area contributed by atoms with Crippen LogP contribution in [-0.4, -0.2) is 33.7 Å². The largest absolute Gasteiger partial charge is 0.334 e. The molecule has 0 atom stereocenters. The van der Waals surface area contributed by atoms with E-state index in [1.807, 2.05) is 0 Å². The van der Waals surface area contributed by atoms with Crippen molar-refractivity contribution in [3.63, 3.8) is 0 Å². The lowest BCUT2D eigenvalue weighted by Crippen LogP contribution is -2.37. The van der Waals surface area contributed by atoms with Gasteiger partial charge in [-0.1, -0.05) is 22.0 Å². The molecule has 1 fully saturated rings. The Morgan fingerprint density at radius 1 is 1.20 bits per heavy atom. The molecule has 0 radical (unpaired) electrons. The number of imide groups is 2. The van der Waals surface area contributed by atoms with Crippen LogP contribution in [-0.2, 0) is 16.1 Å². The number of rotatable bonds is 3. The van der Waals surface area contributed by atoms with E-state index in [0.29, 0.717) is 10.0 Å². The molecule has 20 heavy (non-hydrogen) atoms. The number of carbonyl (C=O) groups is 3. The van der Waals surface area contributed by atoms with E-state index in [9.17, 15) is 18.8 Å². The first-order chi connectivity index (χ1) is 9.32. The van der Waals surface area contributed by atoms with E-state index in [1.165, 1.54) is 18.2 Å². The molecule has 1 aliphatic heterocycles. The highest BCUT2D eigenvalue weighted by Crippen LogP contribution is 2.23. The number of hydrogen-bond donors (Lipinski definition) is 0. The second-order valence-corrected chi connectivity index (χ2v) is 5.53. The maximum atomic E-state index is 13.0. The van der Waals surface area contributed by atoms with Crippen molar-refractivity contribution < 1.29 is 18.8 Å². The van der Waals surface area contributed by atoms with E-state index in [1.54, 1.807) is 13.8 Å². The molecule has 2 rings (SSSR count). The summed E-state index contributed by atoms with van der Waals surface area (Å²) in [6, 6.07) is 2.89. The van der Waals surface area contributed by atoms with Crippen LogP contribution in [0.25, 0.3) is 0 Å². The van der Waals surface area contributed by atoms with Crippen molar-refractivity contribution in [2.24, 2.45) is 0 Å². The van der Waals surface area contributed by atoms with Gasteiger partial charge in [-0.25, -0.2) is 9.18 Å². The van der Waals surface area contributed by atoms with Crippen LogP contribution in [0.3, 0.4) is 0 Å². The summed E-state index contributed by atoms with van der Waals surface area (Å²) in [5.41, 5.74) is 0.548. The van der Waals surface area contributed by atoms with Gasteiger partial charge < -0.3 is 0 Å². The van der Waals surface area contributed by atoms with E-state index >= 15 is 0 Å². The third-order valence-corrected chi connectivity index (χ3v) is 3.68. The molecule has 1 aliphatic rings. The molecule has 106 valence electrons. The Kier molecular flexibility index (Phi) is 3.89. The summed E-state index contributed by atoms with van der Waals surface area (Å²) < 4.78 is 13.4. The van der Waals surface area contributed by atoms with Crippen molar-refractivity contribution >= 4 is 33.8 Å². The zero-order valence-corrected chi connectivity index (χ0v) is 12.5. The van der Waals surface area contributed by atoms with Crippen molar-refractivity contribution in [1.29, 1.82) is 0 Å². The SMILES string of the molecule is CC(C)N1C(=O)C(=O)N(Cc2ccc(F)cc2Br)C1=O. The van der Waals surface area contributed by atoms with Gasteiger partial charge in [0, 0.05) is 10.5 Å². The van der Waals surface area contributed by atoms with Crippen LogP contribution in [0.1, 0.15) is 19.4 Å². The van der Waals surface area contributed by atoms with E-state index in [2.05, 4.69) is 15.9 Å². The molecule has 1 aromatic rings. The van der Waals surface area contributed by atoms with Crippen molar-refractivity contribution in [1.82, 2.24) is 9.80 Å². The van der Waals surface area contributed by atoms with Gasteiger partial charge in [0.25, 0.3) is 0 Å². The topological polar surface area (TPSA) is 57.7 Å². The molecule has 0 bridgehead atoms. The molecule has 0 unspecified atom stereocenters. The standard InChI is InChI=1S/C13H12BrFN2O3/c1-7(2)17-12(19)11(18)16(13(17)20)6-8-3-4-9(15)5-10(8)14/h3-5,7H,6H2,1-2H3. The maximum Gasteiger partial charge on any atom is 0.334 e. The molecule has 5 nitrogen and oxygen atoms in total. The fraction of sp³-hybridized carbons (Fsp3) is 0.308. The summed E-state index contributed by atoms with van der Waals surface area (Å²) in [6.45, 7) is 3.23. The first-order valence-corrected chi connectivity index (χ1v) is 6.75. The predicted molar refractivity (Wildman–Crippen MR) is 72.0 cm³/mol. The number of carbonyl (C=O) groups excluding carboxylic acids is 3. The second-order valence-electron chi connectivity index (χ2n) is 4.68. The van der Waals surface area contributed by atoms with Crippen LogP contribution in [0.15, 0.2) is 22.7 Å². The lowest BCUT2D eigenvalue weighted by Gasteiger charge is -2.18. The van der Waals surface area contributed by atoms with Gasteiger partial charge in [-0.05, 0) is 31.5 Å². The number of amides is 4. The molecule has 7 heteroatoms. The van der Waals surface area contributed by atoms with Crippen LogP contribution in [0, 0.1) is 5.82 Å². The van der Waals surface area contributed by atoms with Crippen molar-refractivity contribution in [3.05, 3.63) is 34.1 Å². The van der Waals surface area contributed by atoms with Gasteiger partial charge in [-0.3, -0.25) is 19.4 Å². The Labute approximate surface area is 123 Å². The monoisotopic (exact) mass is 342 g/mol. The Bertz CT molecular complexity index is 603. The smallest absolute Gasteiger partial charge is 0.263 e. The van der Waals surface area contributed by atoms with Crippen molar-refractivity contribution in [2.45, 2.75) is 26.4 Å². The fourth-order valence-corrected chi connectivity index (χ4v) is 2.41. The predicted octanol–water partition coefficient (Wildman–Crippen LogP) is 2.29. The molecule has 0 saturated carbocycles. The molecular formula is C13H12BrFN2O3. The number of nitrogens with zero attached hydrogens (tertiary/aromatic N) is 2. The van der Waals surface area contributed by atoms with Gasteiger partial charge in [0.2, 0.25) is 0 Å². The van der Waals surface area contributed by atoms with Crippen LogP contribution < -0.4 is 0 Å². The molecule has 1 heterocycles. The first kappa shape index (κ1) is 14.6. The summed E-state index contributed by atoms with van der Waals surface area (Å²) in [5, 5.41) is 0. The third-order valence-electron chi connectivity index (χ3n) is 2.94. The average Bonchev–Trinajstić information content (AvgIpc) is 2.56. The Hall–Kier alpha value is -1.76. The molecule has 0 N–H and O–H groups in total. The lowest BCUT2D eigenvalue weighted by atomic mass is 10.2. The van der Waals surface area contributed by atoms with Crippen molar-refractivity contribution in [2.75, 3.05) is 0 Å². The molecule has 0 aliphatic carbocycles. The summed E-state index contributed by atoms with van der Waals surface area (Å²) in [6.07, 6.45) is 0. The average molecular weight is 343 g/mol. The quantitative estimate of drug-likeness (QED) is 0.625. The third kappa shape index (κ3) is 2.45. The summed E-state index contributed by atoms with van der Waals surface area (Å²) >= 11 is 3.17. The number of halogens is 2. The molecule has 0 aromatic heterocycles. The highest BCUT2D eigenvalue weighted by Gasteiger charge is 2.45. The van der Waals surface area contributed by atoms with Gasteiger partial charge >= 0.3 is 17.8 Å². The van der Waals surface area contributed by atoms with E-state index in [0.717, 1.165) is 9.80 Å². The molecule has 4 amide bonds. The van der Waals surface area contributed by atoms with Crippen LogP contribution in [0.5, 0.6) is 0 Å². The Morgan fingerprint density at radius 2 is 1.85 bits per heavy atom. The van der Waals surface area contributed by atoms with Gasteiger partial charge in [-0.15, -0.1) is 0 Å². The minimum atomic E-state index is -0.861. The fourth-order valence-electron chi connectivity index (χ4n) is 1.94. The van der Waals surface area contributed by atoms with Crippen molar-refractivity contribution in [3.8, 4) is 0 Å². The first-order valence-electron chi connectivity index (χ1n) is 5.96.